The van der Waals surface area contributed by atoms with Gasteiger partial charge in [-0.05, 0) is 6.92 Å². The zero-order valence-corrected chi connectivity index (χ0v) is 4.46. The summed E-state index contributed by atoms with van der Waals surface area (Å²) in [5.74, 6) is -1.38. The zero-order valence-electron chi connectivity index (χ0n) is 5.46. The van der Waals surface area contributed by atoms with Gasteiger partial charge in [-0.3, -0.25) is 4.79 Å². The van der Waals surface area contributed by atoms with Gasteiger partial charge < -0.3 is 15.9 Å². The molecule has 0 aliphatic carbocycles. The van der Waals surface area contributed by atoms with Crippen LogP contribution in [0.15, 0.2) is 0 Å². The van der Waals surface area contributed by atoms with Gasteiger partial charge in [-0.25, -0.2) is 0 Å². The molecule has 0 aromatic carbocycles. The third kappa shape index (κ3) is 1.90. The molecule has 0 bridgehead atoms. The highest BCUT2D eigenvalue weighted by Crippen LogP contribution is 1.85. The Morgan fingerprint density at radius 2 is 2.38 bits per heavy atom. The summed E-state index contributed by atoms with van der Waals surface area (Å²) in [6, 6.07) is -1.54. The van der Waals surface area contributed by atoms with Gasteiger partial charge in [0, 0.05) is 0 Å². The van der Waals surface area contributed by atoms with Crippen LogP contribution in [0, 0.1) is 0 Å². The van der Waals surface area contributed by atoms with Crippen LogP contribution in [0.2, 0.25) is 0 Å². The zero-order chi connectivity index (χ0) is 7.65. The molecule has 0 heterocycles. The Balaban J connectivity index is 4.04. The fraction of sp³-hybridized carbons (Fsp3) is 0.750. The average molecular weight is 120 g/mol. The molecule has 0 aliphatic heterocycles. The molecular weight excluding hydrogens is 110 g/mol. The maximum Gasteiger partial charge on any atom is 0.323 e. The van der Waals surface area contributed by atoms with E-state index in [1.165, 1.54) is 0 Å². The lowest BCUT2D eigenvalue weighted by Crippen LogP contribution is -2.39. The first-order valence-electron chi connectivity index (χ1n) is 2.56. The average Bonchev–Trinajstić information content (AvgIpc) is 1.62. The summed E-state index contributed by atoms with van der Waals surface area (Å²) in [5.41, 5.74) is 4.86. The summed E-state index contributed by atoms with van der Waals surface area (Å²) in [5, 5.41) is 16.7. The topological polar surface area (TPSA) is 83.5 Å². The Kier molecular flexibility index (Phi) is 1.82. The van der Waals surface area contributed by atoms with Gasteiger partial charge >= 0.3 is 5.97 Å². The van der Waals surface area contributed by atoms with Gasteiger partial charge in [0.15, 0.2) is 0 Å². The van der Waals surface area contributed by atoms with Crippen LogP contribution in [0.1, 0.15) is 8.29 Å². The number of carboxylic acid groups (broad SMARTS) is 1. The third-order valence-electron chi connectivity index (χ3n) is 0.716. The highest BCUT2D eigenvalue weighted by atomic mass is 16.4. The summed E-state index contributed by atoms with van der Waals surface area (Å²) in [4.78, 5) is 9.94. The molecule has 0 aromatic heterocycles. The van der Waals surface area contributed by atoms with Gasteiger partial charge in [-0.1, -0.05) is 0 Å². The molecule has 0 rings (SSSR count). The second-order valence-corrected chi connectivity index (χ2v) is 1.46. The highest BCUT2D eigenvalue weighted by molar-refractivity contribution is 5.73. The lowest BCUT2D eigenvalue weighted by Gasteiger charge is -2.06. The number of aliphatic carboxylic acids is 1. The maximum absolute atomic E-state index is 9.94. The molecule has 48 valence electrons. The number of hydrogen-bond donors (Lipinski definition) is 3. The number of carbonyl (C=O) groups is 1. The van der Waals surface area contributed by atoms with Crippen LogP contribution < -0.4 is 5.73 Å². The Labute approximate surface area is 48.3 Å². The molecule has 0 aromatic rings. The molecule has 0 aliphatic rings. The number of nitrogens with two attached hydrogens (primary N) is 1. The SMILES string of the molecule is [2H][C@](C)(O)[C@H](N)C(=O)O. The Morgan fingerprint density at radius 1 is 2.00 bits per heavy atom. The molecule has 0 saturated carbocycles. The van der Waals surface area contributed by atoms with Crippen LogP contribution in [0.5, 0.6) is 0 Å². The Morgan fingerprint density at radius 3 is 2.38 bits per heavy atom. The Hall–Kier alpha value is -0.610. The first kappa shape index (κ1) is 5.53. The maximum atomic E-state index is 9.94. The first-order chi connectivity index (χ1) is 3.85. The van der Waals surface area contributed by atoms with Gasteiger partial charge in [0.25, 0.3) is 0 Å². The van der Waals surface area contributed by atoms with Gasteiger partial charge in [0.1, 0.15) is 6.04 Å². The molecule has 0 fully saturated rings. The van der Waals surface area contributed by atoms with Crippen molar-refractivity contribution in [2.75, 3.05) is 0 Å². The van der Waals surface area contributed by atoms with E-state index >= 15 is 0 Å². The molecule has 8 heavy (non-hydrogen) atoms. The number of aliphatic hydroxyl groups is 1. The Bertz CT molecular complexity index is 119. The highest BCUT2D eigenvalue weighted by Gasteiger charge is 2.16. The second kappa shape index (κ2) is 2.64. The van der Waals surface area contributed by atoms with E-state index < -0.39 is 18.1 Å². The quantitative estimate of drug-likeness (QED) is 0.426. The van der Waals surface area contributed by atoms with Crippen molar-refractivity contribution in [3.63, 3.8) is 0 Å². The molecule has 4 N–H and O–H groups in total. The smallest absolute Gasteiger partial charge is 0.323 e. The predicted octanol–water partition coefficient (Wildman–Crippen LogP) is -1.22. The normalized spacial score (nSPS) is 23.1. The molecule has 2 atom stereocenters. The molecule has 0 amide bonds. The summed E-state index contributed by atoms with van der Waals surface area (Å²) < 4.78 is 6.72. The molecule has 4 nitrogen and oxygen atoms in total. The van der Waals surface area contributed by atoms with E-state index in [1.54, 1.807) is 0 Å². The van der Waals surface area contributed by atoms with Crippen LogP contribution in [0.3, 0.4) is 0 Å². The molecule has 0 saturated heterocycles. The van der Waals surface area contributed by atoms with Crippen molar-refractivity contribution in [3.05, 3.63) is 0 Å². The van der Waals surface area contributed by atoms with E-state index in [1.807, 2.05) is 0 Å². The minimum Gasteiger partial charge on any atom is -0.480 e. The van der Waals surface area contributed by atoms with Crippen LogP contribution in [-0.2, 0) is 4.79 Å². The van der Waals surface area contributed by atoms with E-state index in [0.717, 1.165) is 6.92 Å². The molecule has 0 unspecified atom stereocenters. The van der Waals surface area contributed by atoms with E-state index in [0.29, 0.717) is 0 Å². The molecule has 4 heteroatoms. The van der Waals surface area contributed by atoms with E-state index in [2.05, 4.69) is 0 Å². The minimum atomic E-state index is -2.09. The standard InChI is InChI=1S/C4H9NO3/c1-2(6)3(5)4(7)8/h2-3,6H,5H2,1H3,(H,7,8)/t2-,3+/m1/s1/i2D. The summed E-state index contributed by atoms with van der Waals surface area (Å²) in [6.45, 7) is 1.02. The van der Waals surface area contributed by atoms with Crippen molar-refractivity contribution >= 4 is 5.97 Å². The van der Waals surface area contributed by atoms with Crippen LogP contribution in [-0.4, -0.2) is 28.3 Å². The third-order valence-corrected chi connectivity index (χ3v) is 0.716. The first-order valence-corrected chi connectivity index (χ1v) is 2.06. The number of carboxylic acids is 1. The van der Waals surface area contributed by atoms with Crippen molar-refractivity contribution in [2.45, 2.75) is 19.0 Å². The molecule has 0 radical (unpaired) electrons. The van der Waals surface area contributed by atoms with Crippen LogP contribution >= 0.6 is 0 Å². The summed E-state index contributed by atoms with van der Waals surface area (Å²) >= 11 is 0. The molecule has 0 spiro atoms. The van der Waals surface area contributed by atoms with Crippen LogP contribution in [0.4, 0.5) is 0 Å². The summed E-state index contributed by atoms with van der Waals surface area (Å²) in [6.07, 6.45) is -2.09. The number of rotatable bonds is 2. The van der Waals surface area contributed by atoms with E-state index in [4.69, 9.17) is 17.3 Å². The fourth-order valence-corrected chi connectivity index (χ4v) is 0.179. The number of hydrogen-bond acceptors (Lipinski definition) is 3. The van der Waals surface area contributed by atoms with Crippen molar-refractivity contribution in [1.29, 1.82) is 0 Å². The van der Waals surface area contributed by atoms with Gasteiger partial charge in [-0.15, -0.1) is 0 Å². The van der Waals surface area contributed by atoms with Crippen molar-refractivity contribution in [2.24, 2.45) is 5.73 Å². The minimum absolute atomic E-state index is 1.02. The van der Waals surface area contributed by atoms with Gasteiger partial charge in [-0.2, -0.15) is 0 Å². The van der Waals surface area contributed by atoms with Crippen LogP contribution in [0.25, 0.3) is 0 Å². The summed E-state index contributed by atoms with van der Waals surface area (Å²) in [7, 11) is 0. The monoisotopic (exact) mass is 120 g/mol. The van der Waals surface area contributed by atoms with Crippen molar-refractivity contribution < 1.29 is 16.4 Å². The van der Waals surface area contributed by atoms with E-state index in [9.17, 15) is 4.79 Å². The van der Waals surface area contributed by atoms with Gasteiger partial charge in [0.2, 0.25) is 0 Å². The van der Waals surface area contributed by atoms with E-state index in [-0.39, 0.29) is 0 Å². The fourth-order valence-electron chi connectivity index (χ4n) is 0.179. The van der Waals surface area contributed by atoms with Crippen molar-refractivity contribution in [3.8, 4) is 0 Å². The lowest BCUT2D eigenvalue weighted by molar-refractivity contribution is -0.140. The van der Waals surface area contributed by atoms with Crippen molar-refractivity contribution in [1.82, 2.24) is 0 Å². The lowest BCUT2D eigenvalue weighted by atomic mass is 10.2. The molecular formula is C4H9NO3. The largest absolute Gasteiger partial charge is 0.480 e. The second-order valence-electron chi connectivity index (χ2n) is 1.46. The van der Waals surface area contributed by atoms with Gasteiger partial charge in [0.05, 0.1) is 7.45 Å². The predicted molar refractivity (Wildman–Crippen MR) is 27.3 cm³/mol.